The molecule has 2 heterocycles. The van der Waals surface area contributed by atoms with Crippen molar-refractivity contribution in [1.29, 1.82) is 10.5 Å². The first-order valence-corrected chi connectivity index (χ1v) is 14.7. The molecule has 0 unspecified atom stereocenters. The standard InChI is InChI=1S/C20H14N2O4.C14H10N2O4.C2H6/c21-11-15-14-10-13(12-4-2-1-3-5-12)6-7-16(14)22-19(20(15)26)17(23)8-9-18(24)25;15-7-8-2-1-3-10-9(8)6-12(18)14(16-10)11(17)4-5-13(19)20;1-2/h1-7,10,26H,8-9H2,(H,24,25);1-3,6,18H,4-5H2,(H,19,20);1-2H3. The van der Waals surface area contributed by atoms with Crippen LogP contribution in [-0.2, 0) is 9.59 Å². The van der Waals surface area contributed by atoms with Crippen molar-refractivity contribution >= 4 is 45.3 Å². The number of aromatic hydroxyl groups is 2. The van der Waals surface area contributed by atoms with Gasteiger partial charge < -0.3 is 20.4 Å². The maximum atomic E-state index is 12.2. The lowest BCUT2D eigenvalue weighted by Gasteiger charge is -2.09. The van der Waals surface area contributed by atoms with Gasteiger partial charge in [0.15, 0.2) is 17.3 Å². The number of aromatic nitrogens is 2. The third kappa shape index (κ3) is 8.53. The van der Waals surface area contributed by atoms with Crippen molar-refractivity contribution in [3.05, 3.63) is 95.3 Å². The molecule has 48 heavy (non-hydrogen) atoms. The molecule has 0 bridgehead atoms. The molecule has 242 valence electrons. The number of Topliss-reactive ketones (excluding diaryl/α,β-unsaturated/α-hetero) is 2. The lowest BCUT2D eigenvalue weighted by molar-refractivity contribution is -0.137. The zero-order chi connectivity index (χ0) is 35.4. The molecule has 0 saturated carbocycles. The minimum absolute atomic E-state index is 0.0496. The third-order valence-electron chi connectivity index (χ3n) is 6.80. The lowest BCUT2D eigenvalue weighted by Crippen LogP contribution is -2.07. The van der Waals surface area contributed by atoms with Crippen molar-refractivity contribution in [2.24, 2.45) is 0 Å². The van der Waals surface area contributed by atoms with Gasteiger partial charge in [-0.1, -0.05) is 56.3 Å². The van der Waals surface area contributed by atoms with Gasteiger partial charge in [-0.15, -0.1) is 0 Å². The summed E-state index contributed by atoms with van der Waals surface area (Å²) >= 11 is 0. The summed E-state index contributed by atoms with van der Waals surface area (Å²) in [6.07, 6.45) is -1.23. The molecule has 3 aromatic carbocycles. The summed E-state index contributed by atoms with van der Waals surface area (Å²) in [6, 6.07) is 24.8. The number of hydrogen-bond donors (Lipinski definition) is 4. The van der Waals surface area contributed by atoms with E-state index in [1.807, 2.05) is 62.4 Å². The minimum atomic E-state index is -1.12. The molecule has 5 rings (SSSR count). The van der Waals surface area contributed by atoms with Gasteiger partial charge in [0.1, 0.15) is 28.8 Å². The second-order valence-electron chi connectivity index (χ2n) is 9.87. The Bertz CT molecular complexity index is 2100. The quantitative estimate of drug-likeness (QED) is 0.127. The molecule has 2 aromatic heterocycles. The Morgan fingerprint density at radius 2 is 1.23 bits per heavy atom. The fourth-order valence-electron chi connectivity index (χ4n) is 4.54. The third-order valence-corrected chi connectivity index (χ3v) is 6.80. The van der Waals surface area contributed by atoms with E-state index in [0.29, 0.717) is 27.4 Å². The number of carbonyl (C=O) groups is 4. The van der Waals surface area contributed by atoms with Gasteiger partial charge in [-0.05, 0) is 41.5 Å². The first-order valence-electron chi connectivity index (χ1n) is 14.7. The van der Waals surface area contributed by atoms with Crippen molar-refractivity contribution in [2.45, 2.75) is 39.5 Å². The van der Waals surface area contributed by atoms with Crippen LogP contribution in [-0.4, -0.2) is 53.9 Å². The van der Waals surface area contributed by atoms with Gasteiger partial charge in [-0.3, -0.25) is 19.2 Å². The number of carboxylic acids is 2. The van der Waals surface area contributed by atoms with E-state index < -0.39 is 29.3 Å². The van der Waals surface area contributed by atoms with Crippen LogP contribution in [0.25, 0.3) is 32.9 Å². The van der Waals surface area contributed by atoms with E-state index in [9.17, 15) is 34.7 Å². The fourth-order valence-corrected chi connectivity index (χ4v) is 4.54. The summed E-state index contributed by atoms with van der Waals surface area (Å²) < 4.78 is 0. The molecular formula is C36H30N4O8. The number of fused-ring (bicyclic) bond motifs is 2. The van der Waals surface area contributed by atoms with E-state index in [1.54, 1.807) is 30.3 Å². The Morgan fingerprint density at radius 3 is 1.81 bits per heavy atom. The molecule has 4 N–H and O–H groups in total. The van der Waals surface area contributed by atoms with Gasteiger partial charge in [0.2, 0.25) is 0 Å². The Kier molecular flexibility index (Phi) is 12.4. The minimum Gasteiger partial charge on any atom is -0.506 e. The van der Waals surface area contributed by atoms with Gasteiger partial charge in [-0.2, -0.15) is 10.5 Å². The van der Waals surface area contributed by atoms with Crippen molar-refractivity contribution in [3.63, 3.8) is 0 Å². The van der Waals surface area contributed by atoms with Crippen LogP contribution in [0.15, 0.2) is 72.8 Å². The van der Waals surface area contributed by atoms with E-state index in [4.69, 9.17) is 15.5 Å². The number of carbonyl (C=O) groups excluding carboxylic acids is 2. The lowest BCUT2D eigenvalue weighted by atomic mass is 9.99. The molecule has 0 fully saturated rings. The maximum Gasteiger partial charge on any atom is 0.303 e. The summed E-state index contributed by atoms with van der Waals surface area (Å²) in [7, 11) is 0. The second kappa shape index (κ2) is 16.6. The van der Waals surface area contributed by atoms with Crippen molar-refractivity contribution in [3.8, 4) is 34.8 Å². The molecule has 0 atom stereocenters. The van der Waals surface area contributed by atoms with Crippen LogP contribution in [0.5, 0.6) is 11.5 Å². The first-order chi connectivity index (χ1) is 23.0. The normalized spacial score (nSPS) is 10.0. The van der Waals surface area contributed by atoms with Crippen molar-refractivity contribution < 1.29 is 39.6 Å². The zero-order valence-corrected chi connectivity index (χ0v) is 26.0. The summed E-state index contributed by atoms with van der Waals surface area (Å²) in [5.41, 5.74) is 2.43. The van der Waals surface area contributed by atoms with Gasteiger partial charge in [-0.25, -0.2) is 9.97 Å². The van der Waals surface area contributed by atoms with Crippen LogP contribution in [0.2, 0.25) is 0 Å². The smallest absolute Gasteiger partial charge is 0.303 e. The molecule has 0 saturated heterocycles. The van der Waals surface area contributed by atoms with Crippen molar-refractivity contribution in [2.75, 3.05) is 0 Å². The first kappa shape index (κ1) is 35.8. The van der Waals surface area contributed by atoms with E-state index in [1.165, 1.54) is 6.07 Å². The van der Waals surface area contributed by atoms with Crippen molar-refractivity contribution in [1.82, 2.24) is 9.97 Å². The second-order valence-corrected chi connectivity index (χ2v) is 9.87. The Hall–Kier alpha value is -6.66. The molecule has 12 heteroatoms. The Morgan fingerprint density at radius 1 is 0.646 bits per heavy atom. The largest absolute Gasteiger partial charge is 0.506 e. The number of ketones is 2. The number of nitrogens with zero attached hydrogens (tertiary/aromatic N) is 4. The van der Waals surface area contributed by atoms with Gasteiger partial charge in [0.05, 0.1) is 35.5 Å². The van der Waals surface area contributed by atoms with E-state index in [2.05, 4.69) is 9.97 Å². The monoisotopic (exact) mass is 646 g/mol. The Balaban J connectivity index is 0.000000256. The number of pyridine rings is 2. The van der Waals surface area contributed by atoms with Gasteiger partial charge in [0.25, 0.3) is 0 Å². The number of nitriles is 2. The molecular weight excluding hydrogens is 616 g/mol. The summed E-state index contributed by atoms with van der Waals surface area (Å²) in [5, 5.41) is 56.7. The maximum absolute atomic E-state index is 12.2. The highest BCUT2D eigenvalue weighted by atomic mass is 16.4. The Labute approximate surface area is 274 Å². The molecule has 0 aliphatic carbocycles. The zero-order valence-electron chi connectivity index (χ0n) is 26.0. The SMILES string of the molecule is CC.N#Cc1c(O)c(C(=O)CCC(=O)O)nc2ccc(-c3ccccc3)cc12.N#Cc1cccc2nc(C(=O)CCC(=O)O)c(O)cc12. The molecule has 0 radical (unpaired) electrons. The van der Waals surface area contributed by atoms with E-state index in [-0.39, 0.29) is 48.4 Å². The molecule has 0 amide bonds. The molecule has 0 spiro atoms. The van der Waals surface area contributed by atoms with Crippen LogP contribution in [0.4, 0.5) is 0 Å². The average Bonchev–Trinajstić information content (AvgIpc) is 3.10. The number of aliphatic carboxylic acids is 2. The van der Waals surface area contributed by atoms with Crippen LogP contribution >= 0.6 is 0 Å². The molecule has 0 aliphatic rings. The average molecular weight is 647 g/mol. The van der Waals surface area contributed by atoms with Crippen LogP contribution in [0.1, 0.15) is 71.6 Å². The highest BCUT2D eigenvalue weighted by molar-refractivity contribution is 6.03. The summed E-state index contributed by atoms with van der Waals surface area (Å²) in [4.78, 5) is 53.2. The van der Waals surface area contributed by atoms with Crippen LogP contribution in [0, 0.1) is 22.7 Å². The number of rotatable bonds is 9. The number of carboxylic acid groups (broad SMARTS) is 2. The van der Waals surface area contributed by atoms with E-state index in [0.717, 1.165) is 11.1 Å². The van der Waals surface area contributed by atoms with E-state index >= 15 is 0 Å². The molecule has 12 nitrogen and oxygen atoms in total. The fraction of sp³-hybridized carbons (Fsp3) is 0.167. The van der Waals surface area contributed by atoms with Gasteiger partial charge >= 0.3 is 11.9 Å². The molecule has 5 aromatic rings. The number of hydrogen-bond acceptors (Lipinski definition) is 10. The van der Waals surface area contributed by atoms with Crippen LogP contribution < -0.4 is 0 Å². The van der Waals surface area contributed by atoms with Gasteiger partial charge in [0, 0.05) is 23.6 Å². The predicted molar refractivity (Wildman–Crippen MR) is 175 cm³/mol. The van der Waals surface area contributed by atoms with Crippen LogP contribution in [0.3, 0.4) is 0 Å². The predicted octanol–water partition coefficient (Wildman–Crippen LogP) is 6.41. The number of benzene rings is 3. The molecule has 0 aliphatic heterocycles. The highest BCUT2D eigenvalue weighted by Crippen LogP contribution is 2.32. The highest BCUT2D eigenvalue weighted by Gasteiger charge is 2.21. The topological polar surface area (TPSA) is 223 Å². The summed E-state index contributed by atoms with van der Waals surface area (Å²) in [6.45, 7) is 4.00. The summed E-state index contributed by atoms with van der Waals surface area (Å²) in [5.74, 6) is -4.24.